The highest BCUT2D eigenvalue weighted by molar-refractivity contribution is 8.00. The summed E-state index contributed by atoms with van der Waals surface area (Å²) in [5.74, 6) is 1.00. The Morgan fingerprint density at radius 2 is 2.07 bits per heavy atom. The summed E-state index contributed by atoms with van der Waals surface area (Å²) in [5.41, 5.74) is 2.68. The quantitative estimate of drug-likeness (QED) is 0.408. The number of furan rings is 1. The second-order valence-corrected chi connectivity index (χ2v) is 8.37. The molecule has 0 spiro atoms. The molecule has 4 rings (SSSR count). The molecule has 0 aliphatic heterocycles. The maximum Gasteiger partial charge on any atom is 0.289 e. The Labute approximate surface area is 165 Å². The van der Waals surface area contributed by atoms with Gasteiger partial charge in [-0.3, -0.25) is 9.78 Å². The number of hydrogen-bond donors (Lipinski definition) is 0. The average molecular weight is 395 g/mol. The van der Waals surface area contributed by atoms with Crippen LogP contribution in [0.2, 0.25) is 0 Å². The van der Waals surface area contributed by atoms with Gasteiger partial charge in [0.2, 0.25) is 0 Å². The Hall–Kier alpha value is -2.57. The summed E-state index contributed by atoms with van der Waals surface area (Å²) in [6.45, 7) is 0.487. The summed E-state index contributed by atoms with van der Waals surface area (Å²) in [4.78, 5) is 18.9. The van der Waals surface area contributed by atoms with Crippen molar-refractivity contribution in [2.45, 2.75) is 16.5 Å². The average Bonchev–Trinajstić information content (AvgIpc) is 3.34. The molecule has 27 heavy (non-hydrogen) atoms. The molecule has 4 aromatic rings. The zero-order valence-corrected chi connectivity index (χ0v) is 16.4. The number of hydrogen-bond acceptors (Lipinski definition) is 5. The first-order valence-corrected chi connectivity index (χ1v) is 10.4. The number of para-hydroxylation sites is 1. The Kier molecular flexibility index (Phi) is 5.27. The highest BCUT2D eigenvalue weighted by Crippen LogP contribution is 2.34. The third-order valence-corrected chi connectivity index (χ3v) is 6.39. The van der Waals surface area contributed by atoms with Crippen molar-refractivity contribution >= 4 is 40.0 Å². The van der Waals surface area contributed by atoms with Gasteiger partial charge in [-0.15, -0.1) is 23.1 Å². The lowest BCUT2D eigenvalue weighted by atomic mass is 10.1. The van der Waals surface area contributed by atoms with Crippen molar-refractivity contribution in [3.8, 4) is 0 Å². The lowest BCUT2D eigenvalue weighted by Gasteiger charge is -2.16. The molecule has 0 saturated heterocycles. The number of thiophene rings is 1. The molecule has 0 bridgehead atoms. The summed E-state index contributed by atoms with van der Waals surface area (Å²) in [5, 5.41) is 3.06. The lowest BCUT2D eigenvalue weighted by molar-refractivity contribution is 0.0754. The SMILES string of the molecule is CN(Cc1cccnc1)C(=O)c1oc2ccccc2c1CSc1cccs1. The summed E-state index contributed by atoms with van der Waals surface area (Å²) >= 11 is 3.43. The van der Waals surface area contributed by atoms with E-state index in [1.165, 1.54) is 4.21 Å². The van der Waals surface area contributed by atoms with Gasteiger partial charge in [0.1, 0.15) is 5.58 Å². The summed E-state index contributed by atoms with van der Waals surface area (Å²) < 4.78 is 7.20. The molecule has 0 saturated carbocycles. The minimum absolute atomic E-state index is 0.114. The maximum atomic E-state index is 13.1. The van der Waals surface area contributed by atoms with Gasteiger partial charge in [0, 0.05) is 42.7 Å². The zero-order valence-electron chi connectivity index (χ0n) is 14.8. The van der Waals surface area contributed by atoms with E-state index in [1.54, 1.807) is 47.4 Å². The van der Waals surface area contributed by atoms with Crippen molar-refractivity contribution in [1.29, 1.82) is 0 Å². The Morgan fingerprint density at radius 3 is 2.85 bits per heavy atom. The molecule has 0 atom stereocenters. The molecule has 3 aromatic heterocycles. The van der Waals surface area contributed by atoms with Gasteiger partial charge < -0.3 is 9.32 Å². The van der Waals surface area contributed by atoms with Crippen molar-refractivity contribution in [2.75, 3.05) is 7.05 Å². The van der Waals surface area contributed by atoms with Crippen LogP contribution < -0.4 is 0 Å². The van der Waals surface area contributed by atoms with E-state index in [2.05, 4.69) is 16.4 Å². The van der Waals surface area contributed by atoms with Gasteiger partial charge in [0.25, 0.3) is 5.91 Å². The second kappa shape index (κ2) is 7.98. The van der Waals surface area contributed by atoms with Crippen molar-refractivity contribution in [2.24, 2.45) is 0 Å². The van der Waals surface area contributed by atoms with Crippen molar-refractivity contribution < 1.29 is 9.21 Å². The van der Waals surface area contributed by atoms with Crippen LogP contribution in [0.5, 0.6) is 0 Å². The number of nitrogens with zero attached hydrogens (tertiary/aromatic N) is 2. The number of fused-ring (bicyclic) bond motifs is 1. The van der Waals surface area contributed by atoms with Crippen LogP contribution in [0.3, 0.4) is 0 Å². The number of aromatic nitrogens is 1. The van der Waals surface area contributed by atoms with Crippen LogP contribution in [0.25, 0.3) is 11.0 Å². The topological polar surface area (TPSA) is 46.3 Å². The van der Waals surface area contributed by atoms with Crippen LogP contribution in [0.4, 0.5) is 0 Å². The number of benzene rings is 1. The fourth-order valence-electron chi connectivity index (χ4n) is 2.91. The summed E-state index contributed by atoms with van der Waals surface area (Å²) in [6.07, 6.45) is 3.50. The Balaban J connectivity index is 1.63. The van der Waals surface area contributed by atoms with E-state index in [9.17, 15) is 4.79 Å². The van der Waals surface area contributed by atoms with Crippen LogP contribution in [0, 0.1) is 0 Å². The molecule has 0 aliphatic carbocycles. The molecule has 0 aliphatic rings. The first-order chi connectivity index (χ1) is 13.2. The van der Waals surface area contributed by atoms with Crippen LogP contribution in [0.15, 0.2) is 74.9 Å². The highest BCUT2D eigenvalue weighted by atomic mass is 32.2. The molecule has 0 fully saturated rings. The van der Waals surface area contributed by atoms with E-state index < -0.39 is 0 Å². The normalized spacial score (nSPS) is 11.0. The number of carbonyl (C=O) groups excluding carboxylic acids is 1. The number of carbonyl (C=O) groups is 1. The molecule has 4 nitrogen and oxygen atoms in total. The number of pyridine rings is 1. The predicted octanol–water partition coefficient (Wildman–Crippen LogP) is 5.45. The first kappa shape index (κ1) is 17.8. The van der Waals surface area contributed by atoms with Gasteiger partial charge in [-0.05, 0) is 29.1 Å². The van der Waals surface area contributed by atoms with Crippen LogP contribution in [0.1, 0.15) is 21.7 Å². The standard InChI is InChI=1S/C21H18N2O2S2/c1-23(13-15-6-4-10-22-12-15)21(24)20-17(14-27-19-9-5-11-26-19)16-7-2-3-8-18(16)25-20/h2-12H,13-14H2,1H3. The van der Waals surface area contributed by atoms with Crippen LogP contribution in [-0.4, -0.2) is 22.8 Å². The van der Waals surface area contributed by atoms with E-state index in [1.807, 2.05) is 42.5 Å². The highest BCUT2D eigenvalue weighted by Gasteiger charge is 2.23. The van der Waals surface area contributed by atoms with E-state index in [0.717, 1.165) is 22.1 Å². The van der Waals surface area contributed by atoms with Gasteiger partial charge in [-0.25, -0.2) is 0 Å². The minimum atomic E-state index is -0.114. The molecular formula is C21H18N2O2S2. The van der Waals surface area contributed by atoms with E-state index in [4.69, 9.17) is 4.42 Å². The molecule has 136 valence electrons. The number of amides is 1. The smallest absolute Gasteiger partial charge is 0.289 e. The van der Waals surface area contributed by atoms with Gasteiger partial charge >= 0.3 is 0 Å². The third kappa shape index (κ3) is 3.91. The first-order valence-electron chi connectivity index (χ1n) is 8.53. The summed E-state index contributed by atoms with van der Waals surface area (Å²) in [6, 6.07) is 15.8. The van der Waals surface area contributed by atoms with Gasteiger partial charge in [-0.1, -0.05) is 30.3 Å². The van der Waals surface area contributed by atoms with E-state index in [-0.39, 0.29) is 5.91 Å². The molecule has 3 heterocycles. The van der Waals surface area contributed by atoms with Gasteiger partial charge in [-0.2, -0.15) is 0 Å². The van der Waals surface area contributed by atoms with Gasteiger partial charge in [0.15, 0.2) is 5.76 Å². The number of rotatable bonds is 6. The predicted molar refractivity (Wildman–Crippen MR) is 110 cm³/mol. The van der Waals surface area contributed by atoms with Crippen LogP contribution >= 0.6 is 23.1 Å². The molecule has 0 unspecified atom stereocenters. The van der Waals surface area contributed by atoms with E-state index >= 15 is 0 Å². The fourth-order valence-corrected chi connectivity index (χ4v) is 4.73. The third-order valence-electron chi connectivity index (χ3n) is 4.24. The zero-order chi connectivity index (χ0) is 18.6. The lowest BCUT2D eigenvalue weighted by Crippen LogP contribution is -2.26. The molecular weight excluding hydrogens is 376 g/mol. The minimum Gasteiger partial charge on any atom is -0.451 e. The second-order valence-electron chi connectivity index (χ2n) is 6.15. The van der Waals surface area contributed by atoms with Crippen LogP contribution in [-0.2, 0) is 12.3 Å². The molecule has 1 amide bonds. The largest absolute Gasteiger partial charge is 0.451 e. The van der Waals surface area contributed by atoms with Crippen molar-refractivity contribution in [3.05, 3.63) is 83.2 Å². The molecule has 6 heteroatoms. The Bertz CT molecular complexity index is 1040. The maximum absolute atomic E-state index is 13.1. The molecule has 1 aromatic carbocycles. The molecule has 0 N–H and O–H groups in total. The Morgan fingerprint density at radius 1 is 1.19 bits per heavy atom. The van der Waals surface area contributed by atoms with Crippen molar-refractivity contribution in [3.63, 3.8) is 0 Å². The van der Waals surface area contributed by atoms with E-state index in [0.29, 0.717) is 18.1 Å². The molecule has 0 radical (unpaired) electrons. The monoisotopic (exact) mass is 394 g/mol. The van der Waals surface area contributed by atoms with Crippen molar-refractivity contribution in [1.82, 2.24) is 9.88 Å². The fraction of sp³-hybridized carbons (Fsp3) is 0.143. The van der Waals surface area contributed by atoms with Gasteiger partial charge in [0.05, 0.1) is 4.21 Å². The summed E-state index contributed by atoms with van der Waals surface area (Å²) in [7, 11) is 1.79. The number of thioether (sulfide) groups is 1.